The van der Waals surface area contributed by atoms with Gasteiger partial charge in [0.15, 0.2) is 0 Å². The molecular weight excluding hydrogens is 283 g/mol. The van der Waals surface area contributed by atoms with Gasteiger partial charge in [0.25, 0.3) is 0 Å². The van der Waals surface area contributed by atoms with E-state index >= 15 is 0 Å². The molecule has 1 fully saturated rings. The second-order valence-corrected chi connectivity index (χ2v) is 6.12. The standard InChI is InChI=1S/C14H18Cl2N2O/c1-8(2)18-13(19)4-3-12(17)14(18)9-5-10(15)7-11(16)6-9/h5-8,12,14H,3-4,17H2,1-2H3. The third kappa shape index (κ3) is 3.04. The summed E-state index contributed by atoms with van der Waals surface area (Å²) < 4.78 is 0. The highest BCUT2D eigenvalue weighted by Crippen LogP contribution is 2.35. The molecule has 0 bridgehead atoms. The Kier molecular flexibility index (Phi) is 4.39. The van der Waals surface area contributed by atoms with Gasteiger partial charge in [0.2, 0.25) is 5.91 Å². The van der Waals surface area contributed by atoms with Crippen LogP contribution in [0.25, 0.3) is 0 Å². The Hall–Kier alpha value is -0.770. The topological polar surface area (TPSA) is 46.3 Å². The van der Waals surface area contributed by atoms with Crippen molar-refractivity contribution in [2.24, 2.45) is 5.73 Å². The molecule has 104 valence electrons. The van der Waals surface area contributed by atoms with Gasteiger partial charge >= 0.3 is 0 Å². The number of hydrogen-bond donors (Lipinski definition) is 1. The number of halogens is 2. The number of likely N-dealkylation sites (tertiary alicyclic amines) is 1. The van der Waals surface area contributed by atoms with Crippen LogP contribution >= 0.6 is 23.2 Å². The van der Waals surface area contributed by atoms with Crippen molar-refractivity contribution < 1.29 is 4.79 Å². The van der Waals surface area contributed by atoms with Crippen molar-refractivity contribution in [2.75, 3.05) is 0 Å². The number of benzene rings is 1. The summed E-state index contributed by atoms with van der Waals surface area (Å²) in [5.41, 5.74) is 7.13. The Bertz CT molecular complexity index is 470. The summed E-state index contributed by atoms with van der Waals surface area (Å²) in [5.74, 6) is 0.137. The predicted octanol–water partition coefficient (Wildman–Crippen LogP) is 3.39. The molecule has 19 heavy (non-hydrogen) atoms. The van der Waals surface area contributed by atoms with Gasteiger partial charge in [-0.1, -0.05) is 23.2 Å². The summed E-state index contributed by atoms with van der Waals surface area (Å²) in [5, 5.41) is 1.13. The highest BCUT2D eigenvalue weighted by Gasteiger charge is 2.36. The van der Waals surface area contributed by atoms with Crippen LogP contribution in [-0.2, 0) is 4.79 Å². The maximum absolute atomic E-state index is 12.1. The van der Waals surface area contributed by atoms with Crippen molar-refractivity contribution in [2.45, 2.75) is 44.8 Å². The lowest BCUT2D eigenvalue weighted by Crippen LogP contribution is -2.51. The second-order valence-electron chi connectivity index (χ2n) is 5.24. The van der Waals surface area contributed by atoms with Crippen molar-refractivity contribution in [1.29, 1.82) is 0 Å². The van der Waals surface area contributed by atoms with Gasteiger partial charge in [0, 0.05) is 28.5 Å². The summed E-state index contributed by atoms with van der Waals surface area (Å²) in [6.45, 7) is 3.99. The summed E-state index contributed by atoms with van der Waals surface area (Å²) in [4.78, 5) is 14.0. The first-order valence-electron chi connectivity index (χ1n) is 6.43. The van der Waals surface area contributed by atoms with Crippen molar-refractivity contribution in [3.8, 4) is 0 Å². The first-order valence-corrected chi connectivity index (χ1v) is 7.18. The van der Waals surface area contributed by atoms with E-state index in [0.29, 0.717) is 22.9 Å². The summed E-state index contributed by atoms with van der Waals surface area (Å²) >= 11 is 12.1. The average Bonchev–Trinajstić information content (AvgIpc) is 2.29. The zero-order valence-corrected chi connectivity index (χ0v) is 12.6. The van der Waals surface area contributed by atoms with Crippen LogP contribution < -0.4 is 5.73 Å². The van der Waals surface area contributed by atoms with E-state index < -0.39 is 0 Å². The smallest absolute Gasteiger partial charge is 0.223 e. The van der Waals surface area contributed by atoms with Crippen molar-refractivity contribution in [3.05, 3.63) is 33.8 Å². The minimum Gasteiger partial charge on any atom is -0.332 e. The van der Waals surface area contributed by atoms with E-state index in [1.54, 1.807) is 6.07 Å². The Morgan fingerprint density at radius 2 is 1.84 bits per heavy atom. The number of nitrogens with two attached hydrogens (primary N) is 1. The molecule has 1 aliphatic rings. The van der Waals surface area contributed by atoms with Crippen LogP contribution in [0.5, 0.6) is 0 Å². The van der Waals surface area contributed by atoms with E-state index in [0.717, 1.165) is 5.56 Å². The van der Waals surface area contributed by atoms with Crippen LogP contribution in [0.2, 0.25) is 10.0 Å². The van der Waals surface area contributed by atoms with Crippen LogP contribution in [0, 0.1) is 0 Å². The van der Waals surface area contributed by atoms with Crippen LogP contribution in [0.15, 0.2) is 18.2 Å². The number of piperidine rings is 1. The molecule has 2 atom stereocenters. The van der Waals surface area contributed by atoms with Gasteiger partial charge in [-0.05, 0) is 44.0 Å². The lowest BCUT2D eigenvalue weighted by atomic mass is 9.89. The largest absolute Gasteiger partial charge is 0.332 e. The summed E-state index contributed by atoms with van der Waals surface area (Å²) in [6.07, 6.45) is 1.20. The number of carbonyl (C=O) groups excluding carboxylic acids is 1. The molecule has 0 spiro atoms. The van der Waals surface area contributed by atoms with Gasteiger partial charge in [-0.15, -0.1) is 0 Å². The van der Waals surface area contributed by atoms with Gasteiger partial charge in [-0.3, -0.25) is 4.79 Å². The van der Waals surface area contributed by atoms with E-state index in [2.05, 4.69) is 0 Å². The highest BCUT2D eigenvalue weighted by molar-refractivity contribution is 6.34. The quantitative estimate of drug-likeness (QED) is 0.910. The highest BCUT2D eigenvalue weighted by atomic mass is 35.5. The molecule has 0 aromatic heterocycles. The van der Waals surface area contributed by atoms with Crippen LogP contribution in [0.3, 0.4) is 0 Å². The Morgan fingerprint density at radius 1 is 1.26 bits per heavy atom. The fraction of sp³-hybridized carbons (Fsp3) is 0.500. The average molecular weight is 301 g/mol. The number of amides is 1. The lowest BCUT2D eigenvalue weighted by Gasteiger charge is -2.42. The maximum Gasteiger partial charge on any atom is 0.223 e. The van der Waals surface area contributed by atoms with E-state index in [1.165, 1.54) is 0 Å². The third-order valence-corrected chi connectivity index (χ3v) is 3.90. The Morgan fingerprint density at radius 3 is 2.37 bits per heavy atom. The molecule has 0 radical (unpaired) electrons. The number of nitrogens with zero attached hydrogens (tertiary/aromatic N) is 1. The number of hydrogen-bond acceptors (Lipinski definition) is 2. The van der Waals surface area contributed by atoms with E-state index in [9.17, 15) is 4.79 Å². The van der Waals surface area contributed by atoms with Crippen LogP contribution in [0.1, 0.15) is 38.3 Å². The number of rotatable bonds is 2. The van der Waals surface area contributed by atoms with E-state index in [-0.39, 0.29) is 24.0 Å². The molecule has 2 N–H and O–H groups in total. The van der Waals surface area contributed by atoms with Crippen molar-refractivity contribution in [1.82, 2.24) is 4.90 Å². The molecule has 1 saturated heterocycles. The molecule has 1 aromatic carbocycles. The molecule has 1 amide bonds. The van der Waals surface area contributed by atoms with Gasteiger partial charge in [0.1, 0.15) is 0 Å². The second kappa shape index (κ2) is 5.70. The van der Waals surface area contributed by atoms with Gasteiger partial charge in [-0.2, -0.15) is 0 Å². The Labute approximate surface area is 123 Å². The van der Waals surface area contributed by atoms with Crippen LogP contribution in [0.4, 0.5) is 0 Å². The molecule has 0 aliphatic carbocycles. The molecule has 3 nitrogen and oxygen atoms in total. The predicted molar refractivity (Wildman–Crippen MR) is 78.4 cm³/mol. The third-order valence-electron chi connectivity index (χ3n) is 3.47. The van der Waals surface area contributed by atoms with Gasteiger partial charge < -0.3 is 10.6 Å². The fourth-order valence-corrected chi connectivity index (χ4v) is 3.24. The summed E-state index contributed by atoms with van der Waals surface area (Å²) in [7, 11) is 0. The minimum absolute atomic E-state index is 0.0883. The zero-order valence-electron chi connectivity index (χ0n) is 11.1. The van der Waals surface area contributed by atoms with Crippen molar-refractivity contribution in [3.63, 3.8) is 0 Å². The first-order chi connectivity index (χ1) is 8.90. The maximum atomic E-state index is 12.1. The van der Waals surface area contributed by atoms with Crippen molar-refractivity contribution >= 4 is 29.1 Å². The van der Waals surface area contributed by atoms with E-state index in [1.807, 2.05) is 30.9 Å². The minimum atomic E-state index is -0.155. The van der Waals surface area contributed by atoms with E-state index in [4.69, 9.17) is 28.9 Å². The molecule has 0 saturated carbocycles. The molecule has 5 heteroatoms. The summed E-state index contributed by atoms with van der Waals surface area (Å²) in [6, 6.07) is 5.22. The molecule has 2 rings (SSSR count). The monoisotopic (exact) mass is 300 g/mol. The molecule has 1 aromatic rings. The van der Waals surface area contributed by atoms with Gasteiger partial charge in [0.05, 0.1) is 6.04 Å². The molecule has 1 heterocycles. The fourth-order valence-electron chi connectivity index (χ4n) is 2.70. The Balaban J connectivity index is 2.45. The molecule has 2 unspecified atom stereocenters. The van der Waals surface area contributed by atoms with Crippen LogP contribution in [-0.4, -0.2) is 22.9 Å². The normalized spacial score (nSPS) is 24.1. The first kappa shape index (κ1) is 14.6. The molecular formula is C14H18Cl2N2O. The lowest BCUT2D eigenvalue weighted by molar-refractivity contribution is -0.139. The molecule has 1 aliphatic heterocycles. The number of carbonyl (C=O) groups is 1. The SMILES string of the molecule is CC(C)N1C(=O)CCC(N)C1c1cc(Cl)cc(Cl)c1. The zero-order chi connectivity index (χ0) is 14.2. The van der Waals surface area contributed by atoms with Gasteiger partial charge in [-0.25, -0.2) is 0 Å².